The third kappa shape index (κ3) is 3.19. The highest BCUT2D eigenvalue weighted by atomic mass is 16.6. The molecule has 0 aromatic carbocycles. The van der Waals surface area contributed by atoms with Crippen molar-refractivity contribution in [1.29, 1.82) is 0 Å². The molecule has 2 rings (SSSR count). The molecule has 1 unspecified atom stereocenters. The Morgan fingerprint density at radius 2 is 2.05 bits per heavy atom. The van der Waals surface area contributed by atoms with Crippen LogP contribution in [0.2, 0.25) is 0 Å². The van der Waals surface area contributed by atoms with Crippen molar-refractivity contribution in [2.24, 2.45) is 5.41 Å². The largest absolute Gasteiger partial charge is 0.444 e. The fourth-order valence-electron chi connectivity index (χ4n) is 2.84. The summed E-state index contributed by atoms with van der Waals surface area (Å²) in [5, 5.41) is 2.97. The fraction of sp³-hybridized carbons (Fsp3) is 0.857. The number of ether oxygens (including phenoxy) is 1. The summed E-state index contributed by atoms with van der Waals surface area (Å²) in [6.45, 7) is 7.43. The van der Waals surface area contributed by atoms with E-state index >= 15 is 0 Å². The van der Waals surface area contributed by atoms with Crippen LogP contribution in [0, 0.1) is 5.41 Å². The number of nitrogens with one attached hydrogen (secondary N) is 1. The molecule has 0 aromatic heterocycles. The Labute approximate surface area is 114 Å². The van der Waals surface area contributed by atoms with Crippen molar-refractivity contribution >= 4 is 12.0 Å². The first-order valence-electron chi connectivity index (χ1n) is 7.09. The molecule has 2 amide bonds. The lowest BCUT2D eigenvalue weighted by molar-refractivity contribution is -0.130. The van der Waals surface area contributed by atoms with Gasteiger partial charge in [-0.2, -0.15) is 0 Å². The molecule has 19 heavy (non-hydrogen) atoms. The molecule has 2 fully saturated rings. The van der Waals surface area contributed by atoms with Crippen LogP contribution < -0.4 is 5.32 Å². The van der Waals surface area contributed by atoms with Gasteiger partial charge in [-0.3, -0.25) is 4.79 Å². The van der Waals surface area contributed by atoms with E-state index in [0.29, 0.717) is 13.1 Å². The second-order valence-corrected chi connectivity index (χ2v) is 6.65. The molecule has 1 N–H and O–H groups in total. The van der Waals surface area contributed by atoms with Crippen LogP contribution in [0.25, 0.3) is 0 Å². The van der Waals surface area contributed by atoms with Gasteiger partial charge in [-0.1, -0.05) is 6.42 Å². The van der Waals surface area contributed by atoms with E-state index in [0.717, 1.165) is 32.2 Å². The van der Waals surface area contributed by atoms with E-state index in [1.54, 1.807) is 4.90 Å². The molecule has 0 radical (unpaired) electrons. The molecule has 2 aliphatic rings. The van der Waals surface area contributed by atoms with Crippen LogP contribution in [-0.4, -0.2) is 42.1 Å². The minimum absolute atomic E-state index is 0.107. The minimum Gasteiger partial charge on any atom is -0.444 e. The van der Waals surface area contributed by atoms with Crippen molar-refractivity contribution in [3.05, 3.63) is 0 Å². The average molecular weight is 268 g/mol. The highest BCUT2D eigenvalue weighted by Gasteiger charge is 2.46. The first-order valence-corrected chi connectivity index (χ1v) is 7.09. The van der Waals surface area contributed by atoms with Crippen LogP contribution >= 0.6 is 0 Å². The molecular formula is C14H24N2O3. The molecule has 0 aromatic rings. The van der Waals surface area contributed by atoms with Crippen LogP contribution in [0.15, 0.2) is 0 Å². The van der Waals surface area contributed by atoms with Gasteiger partial charge in [0.05, 0.1) is 5.41 Å². The minimum atomic E-state index is -0.488. The van der Waals surface area contributed by atoms with Gasteiger partial charge in [-0.05, 0) is 40.0 Å². The topological polar surface area (TPSA) is 58.6 Å². The highest BCUT2D eigenvalue weighted by Crippen LogP contribution is 2.37. The standard InChI is InChI=1S/C14H24N2O3/c1-13(2,3)19-12(18)16-9-7-14(10-16)6-4-5-8-15-11(14)17/h4-10H2,1-3H3,(H,15,17). The molecule has 5 heteroatoms. The number of hydrogen-bond donors (Lipinski definition) is 1. The quantitative estimate of drug-likeness (QED) is 0.730. The van der Waals surface area contributed by atoms with E-state index in [1.165, 1.54) is 0 Å². The van der Waals surface area contributed by atoms with Crippen LogP contribution in [0.5, 0.6) is 0 Å². The predicted molar refractivity (Wildman–Crippen MR) is 71.7 cm³/mol. The summed E-state index contributed by atoms with van der Waals surface area (Å²) in [4.78, 5) is 25.9. The Morgan fingerprint density at radius 3 is 2.74 bits per heavy atom. The summed E-state index contributed by atoms with van der Waals surface area (Å²) in [6.07, 6.45) is 3.39. The van der Waals surface area contributed by atoms with E-state index in [-0.39, 0.29) is 17.4 Å². The van der Waals surface area contributed by atoms with Crippen LogP contribution in [0.1, 0.15) is 46.5 Å². The zero-order chi connectivity index (χ0) is 14.1. The summed E-state index contributed by atoms with van der Waals surface area (Å²) >= 11 is 0. The summed E-state index contributed by atoms with van der Waals surface area (Å²) in [5.41, 5.74) is -0.869. The van der Waals surface area contributed by atoms with E-state index in [9.17, 15) is 9.59 Å². The molecule has 2 aliphatic heterocycles. The number of carbonyl (C=O) groups excluding carboxylic acids is 2. The van der Waals surface area contributed by atoms with Gasteiger partial charge in [-0.25, -0.2) is 4.79 Å². The number of carbonyl (C=O) groups is 2. The monoisotopic (exact) mass is 268 g/mol. The maximum atomic E-state index is 12.2. The second-order valence-electron chi connectivity index (χ2n) is 6.65. The molecule has 0 saturated carbocycles. The Kier molecular flexibility index (Phi) is 3.74. The van der Waals surface area contributed by atoms with E-state index < -0.39 is 5.60 Å². The predicted octanol–water partition coefficient (Wildman–Crippen LogP) is 1.91. The summed E-state index contributed by atoms with van der Waals surface area (Å²) in [5.74, 6) is 0.107. The van der Waals surface area contributed by atoms with Crippen molar-refractivity contribution in [1.82, 2.24) is 10.2 Å². The number of amides is 2. The number of nitrogens with zero attached hydrogens (tertiary/aromatic N) is 1. The molecule has 0 aliphatic carbocycles. The van der Waals surface area contributed by atoms with Gasteiger partial charge in [0.1, 0.15) is 5.60 Å². The Hall–Kier alpha value is -1.26. The summed E-state index contributed by atoms with van der Waals surface area (Å²) in [6, 6.07) is 0. The Bertz CT molecular complexity index is 375. The molecular weight excluding hydrogens is 244 g/mol. The fourth-order valence-corrected chi connectivity index (χ4v) is 2.84. The van der Waals surface area contributed by atoms with Crippen LogP contribution in [-0.2, 0) is 9.53 Å². The molecule has 1 atom stereocenters. The van der Waals surface area contributed by atoms with E-state index in [2.05, 4.69) is 5.32 Å². The van der Waals surface area contributed by atoms with Crippen LogP contribution in [0.3, 0.4) is 0 Å². The molecule has 0 bridgehead atoms. The van der Waals surface area contributed by atoms with Crippen LogP contribution in [0.4, 0.5) is 4.79 Å². The zero-order valence-corrected chi connectivity index (χ0v) is 12.1. The first kappa shape index (κ1) is 14.2. The SMILES string of the molecule is CC(C)(C)OC(=O)N1CCC2(CCCCNC2=O)C1. The summed E-state index contributed by atoms with van der Waals surface area (Å²) < 4.78 is 5.38. The van der Waals surface area contributed by atoms with Gasteiger partial charge in [0.25, 0.3) is 0 Å². The van der Waals surface area contributed by atoms with Gasteiger partial charge in [0.2, 0.25) is 5.91 Å². The van der Waals surface area contributed by atoms with Crippen molar-refractivity contribution in [2.75, 3.05) is 19.6 Å². The van der Waals surface area contributed by atoms with Crippen molar-refractivity contribution < 1.29 is 14.3 Å². The van der Waals surface area contributed by atoms with Gasteiger partial charge in [-0.15, -0.1) is 0 Å². The third-order valence-electron chi connectivity index (χ3n) is 3.85. The number of rotatable bonds is 0. The maximum absolute atomic E-state index is 12.2. The van der Waals surface area contributed by atoms with Gasteiger partial charge in [0, 0.05) is 19.6 Å². The first-order chi connectivity index (χ1) is 8.82. The molecule has 5 nitrogen and oxygen atoms in total. The second kappa shape index (κ2) is 5.02. The zero-order valence-electron chi connectivity index (χ0n) is 12.1. The lowest BCUT2D eigenvalue weighted by atomic mass is 9.82. The smallest absolute Gasteiger partial charge is 0.410 e. The van der Waals surface area contributed by atoms with Gasteiger partial charge < -0.3 is 15.0 Å². The summed E-state index contributed by atoms with van der Waals surface area (Å²) in [7, 11) is 0. The molecule has 108 valence electrons. The lowest BCUT2D eigenvalue weighted by Crippen LogP contribution is -2.43. The molecule has 1 spiro atoms. The van der Waals surface area contributed by atoms with Gasteiger partial charge in [0.15, 0.2) is 0 Å². The Balaban J connectivity index is 2.02. The normalized spacial score (nSPS) is 28.2. The third-order valence-corrected chi connectivity index (χ3v) is 3.85. The van der Waals surface area contributed by atoms with E-state index in [1.807, 2.05) is 20.8 Å². The molecule has 2 heterocycles. The highest BCUT2D eigenvalue weighted by molar-refractivity contribution is 5.84. The number of hydrogen-bond acceptors (Lipinski definition) is 3. The average Bonchev–Trinajstić information content (AvgIpc) is 2.63. The van der Waals surface area contributed by atoms with Crippen molar-refractivity contribution in [3.63, 3.8) is 0 Å². The van der Waals surface area contributed by atoms with Crippen molar-refractivity contribution in [2.45, 2.75) is 52.1 Å². The maximum Gasteiger partial charge on any atom is 0.410 e. The molecule has 2 saturated heterocycles. The van der Waals surface area contributed by atoms with E-state index in [4.69, 9.17) is 4.74 Å². The Morgan fingerprint density at radius 1 is 1.32 bits per heavy atom. The van der Waals surface area contributed by atoms with Gasteiger partial charge >= 0.3 is 6.09 Å². The lowest BCUT2D eigenvalue weighted by Gasteiger charge is -2.27. The number of likely N-dealkylation sites (tertiary alicyclic amines) is 1. The van der Waals surface area contributed by atoms with Crippen molar-refractivity contribution in [3.8, 4) is 0 Å².